The van der Waals surface area contributed by atoms with E-state index in [2.05, 4.69) is 25.8 Å². The first-order valence-electron chi connectivity index (χ1n) is 5.85. The molecule has 102 valence electrons. The van der Waals surface area contributed by atoms with E-state index in [1.54, 1.807) is 12.1 Å². The second-order valence-electron chi connectivity index (χ2n) is 4.30. The van der Waals surface area contributed by atoms with E-state index in [4.69, 9.17) is 4.42 Å². The average molecular weight is 327 g/mol. The number of rotatable bonds is 3. The average Bonchev–Trinajstić information content (AvgIpc) is 2.98. The second-order valence-corrected chi connectivity index (χ2v) is 5.09. The first kappa shape index (κ1) is 13.9. The third kappa shape index (κ3) is 2.45. The molecular formula is C13H15BrN2O3. The van der Waals surface area contributed by atoms with Gasteiger partial charge < -0.3 is 9.15 Å². The largest absolute Gasteiger partial charge is 0.463 e. The van der Waals surface area contributed by atoms with Gasteiger partial charge in [-0.3, -0.25) is 4.68 Å². The molecule has 0 spiro atoms. The quantitative estimate of drug-likeness (QED) is 0.812. The summed E-state index contributed by atoms with van der Waals surface area (Å²) in [4.78, 5) is 11.4. The van der Waals surface area contributed by atoms with Crippen LogP contribution in [-0.2, 0) is 4.74 Å². The van der Waals surface area contributed by atoms with Gasteiger partial charge in [-0.25, -0.2) is 4.79 Å². The zero-order chi connectivity index (χ0) is 14.2. The molecule has 0 radical (unpaired) electrons. The minimum absolute atomic E-state index is 0.0941. The third-order valence-corrected chi connectivity index (χ3v) is 4.18. The van der Waals surface area contributed by atoms with E-state index < -0.39 is 5.97 Å². The summed E-state index contributed by atoms with van der Waals surface area (Å²) in [5.41, 5.74) is 1.94. The van der Waals surface area contributed by atoms with E-state index in [0.717, 1.165) is 15.9 Å². The van der Waals surface area contributed by atoms with E-state index in [1.807, 2.05) is 25.5 Å². The Bertz CT molecular complexity index is 615. The van der Waals surface area contributed by atoms with Crippen LogP contribution in [0.4, 0.5) is 0 Å². The molecule has 19 heavy (non-hydrogen) atoms. The van der Waals surface area contributed by atoms with Crippen LogP contribution < -0.4 is 0 Å². The number of hydrogen-bond donors (Lipinski definition) is 0. The Morgan fingerprint density at radius 2 is 2.16 bits per heavy atom. The van der Waals surface area contributed by atoms with Crippen LogP contribution in [0.25, 0.3) is 0 Å². The first-order valence-corrected chi connectivity index (χ1v) is 6.64. The maximum atomic E-state index is 11.4. The van der Waals surface area contributed by atoms with E-state index >= 15 is 0 Å². The lowest BCUT2D eigenvalue weighted by Gasteiger charge is -2.11. The fraction of sp³-hybridized carbons (Fsp3) is 0.385. The fourth-order valence-corrected chi connectivity index (χ4v) is 2.19. The van der Waals surface area contributed by atoms with Crippen LogP contribution in [0.1, 0.15) is 40.7 Å². The molecular weight excluding hydrogens is 312 g/mol. The van der Waals surface area contributed by atoms with Gasteiger partial charge in [-0.05, 0) is 48.8 Å². The molecule has 5 nitrogen and oxygen atoms in total. The van der Waals surface area contributed by atoms with Crippen molar-refractivity contribution in [3.63, 3.8) is 0 Å². The Morgan fingerprint density at radius 3 is 2.68 bits per heavy atom. The van der Waals surface area contributed by atoms with Crippen molar-refractivity contribution >= 4 is 21.9 Å². The summed E-state index contributed by atoms with van der Waals surface area (Å²) in [6.45, 7) is 5.87. The smallest absolute Gasteiger partial charge is 0.373 e. The molecule has 2 aromatic heterocycles. The molecule has 0 N–H and O–H groups in total. The van der Waals surface area contributed by atoms with Gasteiger partial charge in [0.25, 0.3) is 0 Å². The first-order chi connectivity index (χ1) is 8.95. The van der Waals surface area contributed by atoms with Crippen LogP contribution in [0.2, 0.25) is 0 Å². The second kappa shape index (κ2) is 5.21. The Hall–Kier alpha value is -1.56. The molecule has 0 aliphatic carbocycles. The molecule has 0 amide bonds. The maximum Gasteiger partial charge on any atom is 0.373 e. The summed E-state index contributed by atoms with van der Waals surface area (Å²) in [5, 5.41) is 4.45. The van der Waals surface area contributed by atoms with Crippen molar-refractivity contribution < 1.29 is 13.9 Å². The van der Waals surface area contributed by atoms with Gasteiger partial charge in [0.2, 0.25) is 5.76 Å². The van der Waals surface area contributed by atoms with E-state index in [0.29, 0.717) is 5.76 Å². The number of halogens is 1. The van der Waals surface area contributed by atoms with Gasteiger partial charge in [0.15, 0.2) is 0 Å². The van der Waals surface area contributed by atoms with Crippen molar-refractivity contribution in [3.8, 4) is 0 Å². The summed E-state index contributed by atoms with van der Waals surface area (Å²) in [6, 6.07) is 3.28. The van der Waals surface area contributed by atoms with Crippen molar-refractivity contribution in [1.82, 2.24) is 9.78 Å². The molecule has 0 saturated heterocycles. The van der Waals surface area contributed by atoms with E-state index in [-0.39, 0.29) is 11.8 Å². The number of nitrogens with zero attached hydrogens (tertiary/aromatic N) is 2. The molecule has 1 unspecified atom stereocenters. The molecule has 2 heterocycles. The molecule has 6 heteroatoms. The normalized spacial score (nSPS) is 12.5. The highest BCUT2D eigenvalue weighted by Gasteiger charge is 2.20. The van der Waals surface area contributed by atoms with Crippen LogP contribution in [0.15, 0.2) is 21.0 Å². The molecule has 0 aliphatic rings. The molecule has 0 saturated carbocycles. The van der Waals surface area contributed by atoms with E-state index in [9.17, 15) is 4.79 Å². The van der Waals surface area contributed by atoms with Crippen LogP contribution in [0.3, 0.4) is 0 Å². The highest BCUT2D eigenvalue weighted by Crippen LogP contribution is 2.27. The predicted octanol–water partition coefficient (Wildman–Crippen LogP) is 3.25. The molecule has 0 bridgehead atoms. The van der Waals surface area contributed by atoms with Gasteiger partial charge >= 0.3 is 5.97 Å². The van der Waals surface area contributed by atoms with Crippen molar-refractivity contribution in [2.75, 3.05) is 7.11 Å². The Morgan fingerprint density at radius 1 is 1.47 bits per heavy atom. The molecule has 0 fully saturated rings. The number of ether oxygens (including phenoxy) is 1. The summed E-state index contributed by atoms with van der Waals surface area (Å²) in [5.74, 6) is 0.386. The number of hydrogen-bond acceptors (Lipinski definition) is 4. The molecule has 0 aromatic carbocycles. The zero-order valence-corrected chi connectivity index (χ0v) is 12.8. The minimum Gasteiger partial charge on any atom is -0.463 e. The monoisotopic (exact) mass is 326 g/mol. The Kier molecular flexibility index (Phi) is 3.80. The van der Waals surface area contributed by atoms with Crippen LogP contribution in [0, 0.1) is 13.8 Å². The SMILES string of the molecule is COC(=O)c1ccc(C(C)n2nc(C)c(Br)c2C)o1. The van der Waals surface area contributed by atoms with Crippen LogP contribution in [-0.4, -0.2) is 22.9 Å². The lowest BCUT2D eigenvalue weighted by atomic mass is 10.2. The fourth-order valence-electron chi connectivity index (χ4n) is 1.93. The Balaban J connectivity index is 2.33. The van der Waals surface area contributed by atoms with Gasteiger partial charge in [0, 0.05) is 0 Å². The van der Waals surface area contributed by atoms with E-state index in [1.165, 1.54) is 7.11 Å². The van der Waals surface area contributed by atoms with Gasteiger partial charge in [-0.1, -0.05) is 0 Å². The summed E-state index contributed by atoms with van der Waals surface area (Å²) < 4.78 is 13.0. The Labute approximate surface area is 119 Å². The topological polar surface area (TPSA) is 57.3 Å². The van der Waals surface area contributed by atoms with Crippen LogP contribution in [0.5, 0.6) is 0 Å². The van der Waals surface area contributed by atoms with Crippen molar-refractivity contribution in [3.05, 3.63) is 39.5 Å². The number of aromatic nitrogens is 2. The lowest BCUT2D eigenvalue weighted by Crippen LogP contribution is -2.09. The lowest BCUT2D eigenvalue weighted by molar-refractivity contribution is 0.0562. The third-order valence-electron chi connectivity index (χ3n) is 3.03. The number of carbonyl (C=O) groups is 1. The highest BCUT2D eigenvalue weighted by atomic mass is 79.9. The van der Waals surface area contributed by atoms with Gasteiger partial charge in [-0.15, -0.1) is 0 Å². The maximum absolute atomic E-state index is 11.4. The number of methoxy groups -OCH3 is 1. The summed E-state index contributed by atoms with van der Waals surface area (Å²) in [6.07, 6.45) is 0. The standard InChI is InChI=1S/C13H15BrN2O3/c1-7-12(14)9(3)16(15-7)8(2)10-5-6-11(19-10)13(17)18-4/h5-6,8H,1-4H3. The highest BCUT2D eigenvalue weighted by molar-refractivity contribution is 9.10. The minimum atomic E-state index is -0.479. The van der Waals surface area contributed by atoms with Gasteiger partial charge in [0.05, 0.1) is 23.0 Å². The summed E-state index contributed by atoms with van der Waals surface area (Å²) >= 11 is 3.49. The number of carbonyl (C=O) groups excluding carboxylic acids is 1. The molecule has 2 rings (SSSR count). The van der Waals surface area contributed by atoms with Gasteiger partial charge in [-0.2, -0.15) is 5.10 Å². The molecule has 0 aliphatic heterocycles. The number of esters is 1. The van der Waals surface area contributed by atoms with Crippen molar-refractivity contribution in [2.24, 2.45) is 0 Å². The summed E-state index contributed by atoms with van der Waals surface area (Å²) in [7, 11) is 1.33. The number of furan rings is 1. The zero-order valence-electron chi connectivity index (χ0n) is 11.2. The van der Waals surface area contributed by atoms with Gasteiger partial charge in [0.1, 0.15) is 11.8 Å². The number of aryl methyl sites for hydroxylation is 1. The van der Waals surface area contributed by atoms with Crippen LogP contribution >= 0.6 is 15.9 Å². The van der Waals surface area contributed by atoms with Crippen molar-refractivity contribution in [2.45, 2.75) is 26.8 Å². The predicted molar refractivity (Wildman–Crippen MR) is 73.3 cm³/mol. The van der Waals surface area contributed by atoms with Crippen molar-refractivity contribution in [1.29, 1.82) is 0 Å². The molecule has 2 aromatic rings. The molecule has 1 atom stereocenters.